The highest BCUT2D eigenvalue weighted by Gasteiger charge is 2.34. The molecule has 3 heterocycles. The molecular formula is C16H16ClN3O3. The van der Waals surface area contributed by atoms with Crippen molar-refractivity contribution in [3.8, 4) is 11.5 Å². The van der Waals surface area contributed by atoms with Crippen molar-refractivity contribution < 1.29 is 9.47 Å². The molecule has 0 aromatic carbocycles. The number of hydrogen-bond acceptors (Lipinski definition) is 4. The average Bonchev–Trinajstić information content (AvgIpc) is 3.11. The Morgan fingerprint density at radius 2 is 2.43 bits per heavy atom. The van der Waals surface area contributed by atoms with Crippen molar-refractivity contribution in [3.05, 3.63) is 51.8 Å². The third-order valence-corrected chi connectivity index (χ3v) is 4.60. The maximum Gasteiger partial charge on any atom is 0.350 e. The van der Waals surface area contributed by atoms with Crippen molar-refractivity contribution in [1.82, 2.24) is 14.5 Å². The Bertz CT molecular complexity index is 823. The molecule has 2 unspecified atom stereocenters. The van der Waals surface area contributed by atoms with E-state index >= 15 is 0 Å². The monoisotopic (exact) mass is 333 g/mol. The zero-order valence-electron chi connectivity index (χ0n) is 12.4. The lowest BCUT2D eigenvalue weighted by Gasteiger charge is -2.25. The quantitative estimate of drug-likeness (QED) is 0.692. The number of imidazole rings is 1. The lowest BCUT2D eigenvalue weighted by molar-refractivity contribution is 0.0455. The number of ether oxygens (including phenoxy) is 2. The van der Waals surface area contributed by atoms with E-state index in [-0.39, 0.29) is 17.7 Å². The molecule has 4 rings (SSSR count). The molecule has 4 aliphatic rings. The Kier molecular flexibility index (Phi) is 3.50. The van der Waals surface area contributed by atoms with Gasteiger partial charge in [0.05, 0.1) is 5.69 Å². The number of pyridine rings is 1. The van der Waals surface area contributed by atoms with Gasteiger partial charge in [-0.1, -0.05) is 17.7 Å². The molecule has 0 bridgehead atoms. The number of hydrogen-bond donors (Lipinski definition) is 1. The Balaban J connectivity index is 1.83. The zero-order valence-corrected chi connectivity index (χ0v) is 13.2. The van der Waals surface area contributed by atoms with E-state index in [0.717, 1.165) is 29.9 Å². The summed E-state index contributed by atoms with van der Waals surface area (Å²) in [7, 11) is 0. The fourth-order valence-electron chi connectivity index (χ4n) is 3.38. The van der Waals surface area contributed by atoms with E-state index in [0.29, 0.717) is 24.3 Å². The lowest BCUT2D eigenvalue weighted by atomic mass is 9.84. The number of halogens is 1. The fraction of sp³-hybridized carbons (Fsp3) is 0.375. The van der Waals surface area contributed by atoms with Crippen molar-refractivity contribution in [3.63, 3.8) is 0 Å². The van der Waals surface area contributed by atoms with Gasteiger partial charge in [0.15, 0.2) is 12.6 Å². The molecule has 1 saturated heterocycles. The van der Waals surface area contributed by atoms with Crippen molar-refractivity contribution >= 4 is 11.6 Å². The SMILES string of the molecule is C=CCn1c2c(C3CC=C4OCOC4C3)cc(Cl)[nH]c-2nc1=O. The third-order valence-electron chi connectivity index (χ3n) is 4.39. The van der Waals surface area contributed by atoms with Crippen LogP contribution in [-0.4, -0.2) is 27.4 Å². The van der Waals surface area contributed by atoms with Gasteiger partial charge in [-0.15, -0.1) is 6.58 Å². The van der Waals surface area contributed by atoms with Gasteiger partial charge in [0.2, 0.25) is 0 Å². The molecule has 1 N–H and O–H groups in total. The highest BCUT2D eigenvalue weighted by atomic mass is 35.5. The summed E-state index contributed by atoms with van der Waals surface area (Å²) in [5.74, 6) is 1.62. The number of fused-ring (bicyclic) bond motifs is 2. The number of aromatic amines is 1. The minimum atomic E-state index is -0.299. The molecular weight excluding hydrogens is 318 g/mol. The second-order valence-electron chi connectivity index (χ2n) is 5.76. The largest absolute Gasteiger partial charge is 0.469 e. The van der Waals surface area contributed by atoms with Gasteiger partial charge in [0, 0.05) is 6.54 Å². The summed E-state index contributed by atoms with van der Waals surface area (Å²) < 4.78 is 12.7. The normalized spacial score (nSPS) is 23.4. The van der Waals surface area contributed by atoms with Gasteiger partial charge >= 0.3 is 5.69 Å². The smallest absolute Gasteiger partial charge is 0.350 e. The van der Waals surface area contributed by atoms with Crippen LogP contribution in [0.1, 0.15) is 24.3 Å². The van der Waals surface area contributed by atoms with Gasteiger partial charge in [-0.05, 0) is 36.5 Å². The van der Waals surface area contributed by atoms with Crippen LogP contribution >= 0.6 is 11.6 Å². The van der Waals surface area contributed by atoms with Gasteiger partial charge < -0.3 is 14.5 Å². The Hall–Kier alpha value is -2.05. The topological polar surface area (TPSA) is 69.1 Å². The van der Waals surface area contributed by atoms with Gasteiger partial charge in [0.25, 0.3) is 0 Å². The van der Waals surface area contributed by atoms with Gasteiger partial charge in [-0.3, -0.25) is 4.57 Å². The van der Waals surface area contributed by atoms with Gasteiger partial charge in [-0.25, -0.2) is 4.79 Å². The molecule has 3 aliphatic heterocycles. The van der Waals surface area contributed by atoms with Gasteiger partial charge in [-0.2, -0.15) is 4.98 Å². The highest BCUT2D eigenvalue weighted by Crippen LogP contribution is 2.40. The fourth-order valence-corrected chi connectivity index (χ4v) is 3.58. The van der Waals surface area contributed by atoms with Crippen LogP contribution in [0.15, 0.2) is 35.4 Å². The van der Waals surface area contributed by atoms with E-state index in [4.69, 9.17) is 21.1 Å². The maximum atomic E-state index is 12.1. The molecule has 1 aliphatic carbocycles. The molecule has 120 valence electrons. The molecule has 23 heavy (non-hydrogen) atoms. The third kappa shape index (κ3) is 2.38. The van der Waals surface area contributed by atoms with E-state index in [1.807, 2.05) is 6.07 Å². The van der Waals surface area contributed by atoms with Crippen LogP contribution in [0.4, 0.5) is 0 Å². The minimum Gasteiger partial charge on any atom is -0.469 e. The second kappa shape index (κ2) is 5.54. The lowest BCUT2D eigenvalue weighted by Crippen LogP contribution is -2.20. The number of aromatic nitrogens is 3. The summed E-state index contributed by atoms with van der Waals surface area (Å²) >= 11 is 6.19. The summed E-state index contributed by atoms with van der Waals surface area (Å²) in [6.07, 6.45) is 5.35. The van der Waals surface area contributed by atoms with Crippen molar-refractivity contribution in [2.75, 3.05) is 6.79 Å². The standard InChI is InChI=1S/C16H16ClN3O3/c1-2-5-20-14-10(7-13(17)18-15(14)19-16(20)21)9-3-4-11-12(6-9)23-8-22-11/h2,4,7,9,12H,1,3,5-6,8H2,(H,18,19,21). The van der Waals surface area contributed by atoms with Crippen LogP contribution in [0.25, 0.3) is 11.5 Å². The summed E-state index contributed by atoms with van der Waals surface area (Å²) in [5.41, 5.74) is 1.50. The summed E-state index contributed by atoms with van der Waals surface area (Å²) in [5, 5.41) is 0.467. The Labute approximate surface area is 137 Å². The minimum absolute atomic E-state index is 0.0192. The summed E-state index contributed by atoms with van der Waals surface area (Å²) in [6, 6.07) is 1.88. The molecule has 6 nitrogen and oxygen atoms in total. The van der Waals surface area contributed by atoms with Crippen molar-refractivity contribution in [2.24, 2.45) is 0 Å². The van der Waals surface area contributed by atoms with Crippen molar-refractivity contribution in [2.45, 2.75) is 31.4 Å². The first-order chi connectivity index (χ1) is 11.2. The van der Waals surface area contributed by atoms with E-state index in [1.165, 1.54) is 0 Å². The second-order valence-corrected chi connectivity index (χ2v) is 6.16. The van der Waals surface area contributed by atoms with Crippen LogP contribution in [-0.2, 0) is 16.0 Å². The van der Waals surface area contributed by atoms with Crippen LogP contribution in [0, 0.1) is 0 Å². The van der Waals surface area contributed by atoms with Crippen LogP contribution in [0.2, 0.25) is 5.15 Å². The molecule has 0 amide bonds. The Morgan fingerprint density at radius 1 is 1.57 bits per heavy atom. The molecule has 7 heteroatoms. The van der Waals surface area contributed by atoms with E-state index in [1.54, 1.807) is 10.6 Å². The number of allylic oxidation sites excluding steroid dienone is 2. The first-order valence-electron chi connectivity index (χ1n) is 7.51. The molecule has 0 aromatic rings. The maximum absolute atomic E-state index is 12.1. The zero-order chi connectivity index (χ0) is 16.0. The van der Waals surface area contributed by atoms with E-state index < -0.39 is 0 Å². The molecule has 0 aromatic heterocycles. The summed E-state index contributed by atoms with van der Waals surface area (Å²) in [6.45, 7) is 4.43. The molecule has 0 radical (unpaired) electrons. The van der Waals surface area contributed by atoms with Crippen molar-refractivity contribution in [1.29, 1.82) is 0 Å². The Morgan fingerprint density at radius 3 is 3.26 bits per heavy atom. The van der Waals surface area contributed by atoms with Crippen LogP contribution in [0.3, 0.4) is 0 Å². The summed E-state index contributed by atoms with van der Waals surface area (Å²) in [4.78, 5) is 19.2. The first-order valence-corrected chi connectivity index (χ1v) is 7.89. The molecule has 0 saturated carbocycles. The highest BCUT2D eigenvalue weighted by molar-refractivity contribution is 6.29. The number of nitrogens with zero attached hydrogens (tertiary/aromatic N) is 2. The number of H-pyrrole nitrogens is 1. The first kappa shape index (κ1) is 14.5. The number of nitrogens with one attached hydrogen (secondary N) is 1. The molecule has 0 spiro atoms. The molecule has 2 atom stereocenters. The average molecular weight is 334 g/mol. The van der Waals surface area contributed by atoms with E-state index in [9.17, 15) is 4.79 Å². The predicted octanol–water partition coefficient (Wildman–Crippen LogP) is 2.65. The van der Waals surface area contributed by atoms with Crippen LogP contribution < -0.4 is 5.69 Å². The predicted molar refractivity (Wildman–Crippen MR) is 85.6 cm³/mol. The van der Waals surface area contributed by atoms with Crippen LogP contribution in [0.5, 0.6) is 0 Å². The van der Waals surface area contributed by atoms with E-state index in [2.05, 4.69) is 22.6 Å². The van der Waals surface area contributed by atoms with Gasteiger partial charge in [0.1, 0.15) is 17.0 Å². The number of rotatable bonds is 3. The molecule has 1 fully saturated rings.